The van der Waals surface area contributed by atoms with E-state index in [-0.39, 0.29) is 6.41 Å². The summed E-state index contributed by atoms with van der Waals surface area (Å²) in [5.74, 6) is 0. The smallest absolute Gasteiger partial charge is 0.416 e. The van der Waals surface area contributed by atoms with Crippen molar-refractivity contribution in [2.24, 2.45) is 0 Å². The van der Waals surface area contributed by atoms with Gasteiger partial charge in [0.15, 0.2) is 0 Å². The minimum atomic E-state index is -5.98. The van der Waals surface area contributed by atoms with Crippen LogP contribution in [-0.4, -0.2) is 54.4 Å². The van der Waals surface area contributed by atoms with Gasteiger partial charge in [-0.05, 0) is 12.8 Å². The average molecular weight is 347 g/mol. The quantitative estimate of drug-likeness (QED) is 0.580. The van der Waals surface area contributed by atoms with Gasteiger partial charge in [0, 0.05) is 6.04 Å². The molecule has 0 aromatic heterocycles. The predicted molar refractivity (Wildman–Crippen MR) is 67.5 cm³/mol. The van der Waals surface area contributed by atoms with E-state index in [1.54, 1.807) is 0 Å². The summed E-state index contributed by atoms with van der Waals surface area (Å²) in [4.78, 5) is 23.1. The highest BCUT2D eigenvalue weighted by Crippen LogP contribution is 2.28. The van der Waals surface area contributed by atoms with Gasteiger partial charge in [0.25, 0.3) is 0 Å². The average Bonchev–Trinajstić information content (AvgIpc) is 2.45. The number of ether oxygens (including phenoxy) is 1. The molecule has 7 nitrogen and oxygen atoms in total. The van der Waals surface area contributed by atoms with Crippen LogP contribution in [0.25, 0.3) is 0 Å². The van der Waals surface area contributed by atoms with Gasteiger partial charge in [0.2, 0.25) is 12.6 Å². The second kappa shape index (κ2) is 7.27. The highest BCUT2D eigenvalue weighted by atomic mass is 32.2. The topological polar surface area (TPSA) is 101 Å². The van der Waals surface area contributed by atoms with E-state index in [0.29, 0.717) is 17.7 Å². The second-order valence-corrected chi connectivity index (χ2v) is 6.38. The first kappa shape index (κ1) is 18.7. The number of carbonyl (C=O) groups is 2. The van der Waals surface area contributed by atoms with Gasteiger partial charge in [0.1, 0.15) is 6.61 Å². The van der Waals surface area contributed by atoms with E-state index in [9.17, 15) is 31.2 Å². The van der Waals surface area contributed by atoms with Gasteiger partial charge in [-0.2, -0.15) is 17.2 Å². The number of alkyl halides is 3. The molecule has 1 aliphatic carbocycles. The molecule has 0 aliphatic heterocycles. The number of imide groups is 1. The van der Waals surface area contributed by atoms with Crippen LogP contribution in [0.15, 0.2) is 0 Å². The summed E-state index contributed by atoms with van der Waals surface area (Å²) in [5.41, 5.74) is 0. The van der Waals surface area contributed by atoms with Crippen molar-refractivity contribution in [2.75, 3.05) is 6.61 Å². The van der Waals surface area contributed by atoms with Crippen LogP contribution in [0, 0.1) is 0 Å². The zero-order chi connectivity index (χ0) is 17.0. The van der Waals surface area contributed by atoms with Gasteiger partial charge >= 0.3 is 21.5 Å². The van der Waals surface area contributed by atoms with E-state index in [0.717, 1.165) is 19.3 Å². The fourth-order valence-corrected chi connectivity index (χ4v) is 2.51. The van der Waals surface area contributed by atoms with Gasteiger partial charge in [-0.1, -0.05) is 19.3 Å². The van der Waals surface area contributed by atoms with Gasteiger partial charge in [-0.15, -0.1) is 0 Å². The first-order valence-electron chi connectivity index (χ1n) is 6.50. The largest absolute Gasteiger partial charge is 0.446 e. The molecule has 1 saturated carbocycles. The number of nitrogens with zero attached hydrogens (tertiary/aromatic N) is 1. The highest BCUT2D eigenvalue weighted by Gasteiger charge is 2.53. The van der Waals surface area contributed by atoms with E-state index < -0.39 is 40.3 Å². The van der Waals surface area contributed by atoms with Crippen molar-refractivity contribution in [3.8, 4) is 0 Å². The first-order chi connectivity index (χ1) is 10.1. The number of halogens is 3. The molecule has 128 valence electrons. The number of amides is 2. The Kier molecular flexibility index (Phi) is 6.17. The molecule has 1 atom stereocenters. The van der Waals surface area contributed by atoms with Crippen LogP contribution in [0.1, 0.15) is 32.1 Å². The zero-order valence-electron chi connectivity index (χ0n) is 11.5. The molecule has 0 aromatic rings. The minimum Gasteiger partial charge on any atom is -0.446 e. The molecule has 0 spiro atoms. The molecule has 1 unspecified atom stereocenters. The molecule has 22 heavy (non-hydrogen) atoms. The molecule has 0 heterocycles. The first-order valence-corrected chi connectivity index (χ1v) is 7.94. The van der Waals surface area contributed by atoms with Crippen molar-refractivity contribution >= 4 is 22.6 Å². The molecular weight excluding hydrogens is 331 g/mol. The summed E-state index contributed by atoms with van der Waals surface area (Å²) in [6.45, 7) is -1.61. The molecule has 0 saturated heterocycles. The molecule has 1 fully saturated rings. The molecule has 1 rings (SSSR count). The van der Waals surface area contributed by atoms with Crippen molar-refractivity contribution in [1.29, 1.82) is 0 Å². The highest BCUT2D eigenvalue weighted by molar-refractivity contribution is 7.86. The summed E-state index contributed by atoms with van der Waals surface area (Å²) < 4.78 is 72.1. The van der Waals surface area contributed by atoms with E-state index >= 15 is 0 Å². The van der Waals surface area contributed by atoms with Crippen molar-refractivity contribution in [2.45, 2.75) is 49.6 Å². The number of rotatable bonds is 6. The van der Waals surface area contributed by atoms with E-state index in [2.05, 4.69) is 4.74 Å². The Hall–Kier alpha value is -1.36. The lowest BCUT2D eigenvalue weighted by Crippen LogP contribution is -2.44. The molecule has 11 heteroatoms. The SMILES string of the molecule is O=CN(C(=O)OCC(F)C(F)(F)S(=O)(=O)O)C1CCCCC1. The summed E-state index contributed by atoms with van der Waals surface area (Å²) in [7, 11) is -5.98. The predicted octanol–water partition coefficient (Wildman–Crippen LogP) is 1.73. The Morgan fingerprint density at radius 2 is 1.91 bits per heavy atom. The zero-order valence-corrected chi connectivity index (χ0v) is 12.3. The molecule has 0 aromatic carbocycles. The Morgan fingerprint density at radius 1 is 1.36 bits per heavy atom. The third-order valence-corrected chi connectivity index (χ3v) is 4.30. The number of hydrogen-bond acceptors (Lipinski definition) is 5. The lowest BCUT2D eigenvalue weighted by atomic mass is 9.95. The van der Waals surface area contributed by atoms with Crippen LogP contribution < -0.4 is 0 Å². The molecular formula is C11H16F3NO6S. The monoisotopic (exact) mass is 347 g/mol. The molecule has 0 radical (unpaired) electrons. The van der Waals surface area contributed by atoms with E-state index in [1.165, 1.54) is 0 Å². The summed E-state index contributed by atoms with van der Waals surface area (Å²) in [5, 5.41) is -5.11. The van der Waals surface area contributed by atoms with Crippen molar-refractivity contribution in [3.63, 3.8) is 0 Å². The van der Waals surface area contributed by atoms with E-state index in [4.69, 9.17) is 4.55 Å². The maximum Gasteiger partial charge on any atom is 0.416 e. The van der Waals surface area contributed by atoms with Crippen LogP contribution in [0.5, 0.6) is 0 Å². The fourth-order valence-electron chi connectivity index (χ4n) is 2.11. The molecule has 2 amide bonds. The summed E-state index contributed by atoms with van der Waals surface area (Å²) in [6, 6.07) is -0.459. The normalized spacial score (nSPS) is 18.5. The lowest BCUT2D eigenvalue weighted by molar-refractivity contribution is -0.119. The van der Waals surface area contributed by atoms with Crippen LogP contribution in [-0.2, 0) is 19.6 Å². The second-order valence-electron chi connectivity index (χ2n) is 4.89. The third-order valence-electron chi connectivity index (χ3n) is 3.35. The van der Waals surface area contributed by atoms with Crippen molar-refractivity contribution in [3.05, 3.63) is 0 Å². The van der Waals surface area contributed by atoms with Crippen LogP contribution in [0.3, 0.4) is 0 Å². The standard InChI is InChI=1S/C11H16F3NO6S/c12-9(11(13,14)22(18,19)20)6-21-10(17)15(7-16)8-4-2-1-3-5-8/h7-9H,1-6H2,(H,18,19,20). The fraction of sp³-hybridized carbons (Fsp3) is 0.818. The molecule has 0 bridgehead atoms. The Morgan fingerprint density at radius 3 is 2.36 bits per heavy atom. The van der Waals surface area contributed by atoms with Gasteiger partial charge in [-0.25, -0.2) is 14.1 Å². The van der Waals surface area contributed by atoms with E-state index in [1.807, 2.05) is 0 Å². The van der Waals surface area contributed by atoms with Gasteiger partial charge in [-0.3, -0.25) is 9.35 Å². The van der Waals surface area contributed by atoms with Crippen LogP contribution in [0.2, 0.25) is 0 Å². The molecule has 1 aliphatic rings. The van der Waals surface area contributed by atoms with Crippen LogP contribution >= 0.6 is 0 Å². The summed E-state index contributed by atoms with van der Waals surface area (Å²) in [6.07, 6.45) is -1.11. The Balaban J connectivity index is 2.62. The Labute approximate surface area is 125 Å². The van der Waals surface area contributed by atoms with Gasteiger partial charge < -0.3 is 4.74 Å². The van der Waals surface area contributed by atoms with Crippen molar-refractivity contribution in [1.82, 2.24) is 4.90 Å². The third kappa shape index (κ3) is 4.32. The number of hydrogen-bond donors (Lipinski definition) is 1. The minimum absolute atomic E-state index is 0.159. The van der Waals surface area contributed by atoms with Crippen LogP contribution in [0.4, 0.5) is 18.0 Å². The molecule has 1 N–H and O–H groups in total. The van der Waals surface area contributed by atoms with Crippen molar-refractivity contribution < 1.29 is 40.5 Å². The summed E-state index contributed by atoms with van der Waals surface area (Å²) >= 11 is 0. The lowest BCUT2D eigenvalue weighted by Gasteiger charge is -2.29. The maximum atomic E-state index is 13.2. The Bertz CT molecular complexity index is 506. The maximum absolute atomic E-state index is 13.2. The number of carbonyl (C=O) groups excluding carboxylic acids is 2. The van der Waals surface area contributed by atoms with Gasteiger partial charge in [0.05, 0.1) is 0 Å².